The third-order valence-electron chi connectivity index (χ3n) is 1.79. The molecule has 0 aromatic heterocycles. The zero-order valence-electron chi connectivity index (χ0n) is 9.20. The number of methoxy groups -OCH3 is 1. The second-order valence-electron chi connectivity index (χ2n) is 4.01. The third kappa shape index (κ3) is 4.36. The number of nitrogens with one attached hydrogen (secondary N) is 1. The smallest absolute Gasteiger partial charge is 0.216 e. The zero-order valence-corrected chi connectivity index (χ0v) is 10.0. The highest BCUT2D eigenvalue weighted by Gasteiger charge is 2.28. The Bertz CT molecular complexity index is 262. The maximum Gasteiger partial charge on any atom is 0.216 e. The molecule has 1 atom stereocenters. The number of hydrogen-bond acceptors (Lipinski definition) is 4. The largest absolute Gasteiger partial charge is 0.383 e. The summed E-state index contributed by atoms with van der Waals surface area (Å²) >= 11 is 0. The van der Waals surface area contributed by atoms with Crippen LogP contribution >= 0.6 is 0 Å². The number of nitrogens with two attached hydrogens (primary N) is 1. The number of ether oxygens (including phenoxy) is 1. The minimum Gasteiger partial charge on any atom is -0.383 e. The summed E-state index contributed by atoms with van der Waals surface area (Å²) in [6.07, 6.45) is 0. The molecule has 0 aliphatic heterocycles. The van der Waals surface area contributed by atoms with Crippen LogP contribution in [0.2, 0.25) is 0 Å². The normalized spacial score (nSPS) is 15.5. The fourth-order valence-electron chi connectivity index (χ4n) is 1.00. The first-order chi connectivity index (χ1) is 6.25. The highest BCUT2D eigenvalue weighted by atomic mass is 32.2. The lowest BCUT2D eigenvalue weighted by molar-refractivity contribution is 0.141. The van der Waals surface area contributed by atoms with Crippen molar-refractivity contribution in [2.45, 2.75) is 31.6 Å². The lowest BCUT2D eigenvalue weighted by Gasteiger charge is -2.26. The van der Waals surface area contributed by atoms with Crippen LogP contribution in [0.5, 0.6) is 0 Å². The van der Waals surface area contributed by atoms with E-state index in [4.69, 9.17) is 10.5 Å². The molecule has 0 saturated carbocycles. The maximum absolute atomic E-state index is 11.6. The molecule has 0 aliphatic carbocycles. The summed E-state index contributed by atoms with van der Waals surface area (Å²) in [5, 5.41) is -0.585. The molecular weight excluding hydrogens is 204 g/mol. The summed E-state index contributed by atoms with van der Waals surface area (Å²) in [7, 11) is -1.82. The van der Waals surface area contributed by atoms with E-state index < -0.39 is 20.8 Å². The van der Waals surface area contributed by atoms with E-state index in [-0.39, 0.29) is 6.54 Å². The molecule has 14 heavy (non-hydrogen) atoms. The molecule has 3 N–H and O–H groups in total. The lowest BCUT2D eigenvalue weighted by atomic mass is 10.1. The van der Waals surface area contributed by atoms with Crippen molar-refractivity contribution in [3.05, 3.63) is 0 Å². The van der Waals surface area contributed by atoms with Gasteiger partial charge in [-0.2, -0.15) is 0 Å². The van der Waals surface area contributed by atoms with E-state index in [1.807, 2.05) is 0 Å². The van der Waals surface area contributed by atoms with Crippen LogP contribution in [0.25, 0.3) is 0 Å². The molecule has 86 valence electrons. The molecule has 0 saturated heterocycles. The van der Waals surface area contributed by atoms with Crippen LogP contribution in [0.4, 0.5) is 0 Å². The summed E-state index contributed by atoms with van der Waals surface area (Å²) < 4.78 is 30.7. The SMILES string of the molecule is COCC(C)(C)NS(=O)(=O)C(C)CN. The number of sulfonamides is 1. The van der Waals surface area contributed by atoms with Gasteiger partial charge in [-0.15, -0.1) is 0 Å². The Morgan fingerprint density at radius 3 is 2.36 bits per heavy atom. The lowest BCUT2D eigenvalue weighted by Crippen LogP contribution is -2.50. The summed E-state index contributed by atoms with van der Waals surface area (Å²) in [6, 6.07) is 0. The quantitative estimate of drug-likeness (QED) is 0.648. The van der Waals surface area contributed by atoms with Crippen LogP contribution < -0.4 is 10.5 Å². The standard InChI is InChI=1S/C8H20N2O3S/c1-7(5-9)14(11,12)10-8(2,3)6-13-4/h7,10H,5-6,9H2,1-4H3. The second-order valence-corrected chi connectivity index (χ2v) is 6.11. The van der Waals surface area contributed by atoms with Gasteiger partial charge in [0.15, 0.2) is 0 Å². The molecule has 6 heteroatoms. The fourth-order valence-corrected chi connectivity index (χ4v) is 2.29. The Hall–Kier alpha value is -0.170. The second kappa shape index (κ2) is 5.06. The van der Waals surface area contributed by atoms with Gasteiger partial charge < -0.3 is 10.5 Å². The summed E-state index contributed by atoms with van der Waals surface area (Å²) in [6.45, 7) is 5.53. The van der Waals surface area contributed by atoms with Crippen LogP contribution in [-0.2, 0) is 14.8 Å². The predicted molar refractivity (Wildman–Crippen MR) is 56.5 cm³/mol. The first-order valence-electron chi connectivity index (χ1n) is 4.47. The molecule has 0 rings (SSSR count). The Balaban J connectivity index is 4.50. The van der Waals surface area contributed by atoms with E-state index in [1.54, 1.807) is 20.8 Å². The van der Waals surface area contributed by atoms with Crippen molar-refractivity contribution in [3.8, 4) is 0 Å². The van der Waals surface area contributed by atoms with E-state index in [0.29, 0.717) is 6.61 Å². The molecule has 0 heterocycles. The van der Waals surface area contributed by atoms with Gasteiger partial charge in [0.25, 0.3) is 0 Å². The van der Waals surface area contributed by atoms with Gasteiger partial charge in [-0.3, -0.25) is 0 Å². The van der Waals surface area contributed by atoms with Gasteiger partial charge in [-0.1, -0.05) is 0 Å². The van der Waals surface area contributed by atoms with E-state index in [1.165, 1.54) is 7.11 Å². The van der Waals surface area contributed by atoms with Crippen LogP contribution in [0, 0.1) is 0 Å². The topological polar surface area (TPSA) is 81.4 Å². The van der Waals surface area contributed by atoms with E-state index in [2.05, 4.69) is 4.72 Å². The highest BCUT2D eigenvalue weighted by molar-refractivity contribution is 7.90. The highest BCUT2D eigenvalue weighted by Crippen LogP contribution is 2.07. The third-order valence-corrected chi connectivity index (χ3v) is 3.87. The Kier molecular flexibility index (Phi) is 5.00. The van der Waals surface area contributed by atoms with Gasteiger partial charge in [0.1, 0.15) is 0 Å². The van der Waals surface area contributed by atoms with Crippen LogP contribution in [0.15, 0.2) is 0 Å². The molecule has 0 aliphatic rings. The molecule has 0 aromatic rings. The maximum atomic E-state index is 11.6. The van der Waals surface area contributed by atoms with Gasteiger partial charge >= 0.3 is 0 Å². The summed E-state index contributed by atoms with van der Waals surface area (Å²) in [5.41, 5.74) is 4.70. The molecule has 0 fully saturated rings. The monoisotopic (exact) mass is 224 g/mol. The Morgan fingerprint density at radius 2 is 2.00 bits per heavy atom. The molecule has 0 spiro atoms. The van der Waals surface area contributed by atoms with E-state index in [0.717, 1.165) is 0 Å². The molecular formula is C8H20N2O3S. The van der Waals surface area contributed by atoms with Crippen LogP contribution in [0.1, 0.15) is 20.8 Å². The fraction of sp³-hybridized carbons (Fsp3) is 1.00. The van der Waals surface area contributed by atoms with Crippen molar-refractivity contribution in [1.29, 1.82) is 0 Å². The van der Waals surface area contributed by atoms with Crippen molar-refractivity contribution in [1.82, 2.24) is 4.72 Å². The van der Waals surface area contributed by atoms with Gasteiger partial charge in [0.2, 0.25) is 10.0 Å². The molecule has 0 bridgehead atoms. The molecule has 0 radical (unpaired) electrons. The number of hydrogen-bond donors (Lipinski definition) is 2. The Morgan fingerprint density at radius 1 is 1.50 bits per heavy atom. The van der Waals surface area contributed by atoms with Gasteiger partial charge in [0, 0.05) is 13.7 Å². The van der Waals surface area contributed by atoms with E-state index in [9.17, 15) is 8.42 Å². The minimum atomic E-state index is -3.35. The minimum absolute atomic E-state index is 0.110. The Labute approximate surface area is 86.1 Å². The van der Waals surface area contributed by atoms with Crippen molar-refractivity contribution in [2.75, 3.05) is 20.3 Å². The first kappa shape index (κ1) is 13.8. The molecule has 5 nitrogen and oxygen atoms in total. The van der Waals surface area contributed by atoms with Crippen LogP contribution in [-0.4, -0.2) is 39.5 Å². The average molecular weight is 224 g/mol. The first-order valence-corrected chi connectivity index (χ1v) is 6.01. The van der Waals surface area contributed by atoms with Gasteiger partial charge in [-0.05, 0) is 20.8 Å². The zero-order chi connectivity index (χ0) is 11.4. The predicted octanol–water partition coefficient (Wildman–Crippen LogP) is -0.322. The van der Waals surface area contributed by atoms with Crippen molar-refractivity contribution < 1.29 is 13.2 Å². The molecule has 1 unspecified atom stereocenters. The average Bonchev–Trinajstić information content (AvgIpc) is 2.00. The molecule has 0 amide bonds. The van der Waals surface area contributed by atoms with Gasteiger partial charge in [-0.25, -0.2) is 13.1 Å². The van der Waals surface area contributed by atoms with E-state index >= 15 is 0 Å². The van der Waals surface area contributed by atoms with Gasteiger partial charge in [0.05, 0.1) is 17.4 Å². The summed E-state index contributed by atoms with van der Waals surface area (Å²) in [5.74, 6) is 0. The number of rotatable bonds is 6. The van der Waals surface area contributed by atoms with Crippen molar-refractivity contribution in [2.24, 2.45) is 5.73 Å². The van der Waals surface area contributed by atoms with Crippen LogP contribution in [0.3, 0.4) is 0 Å². The summed E-state index contributed by atoms with van der Waals surface area (Å²) in [4.78, 5) is 0. The van der Waals surface area contributed by atoms with Crippen molar-refractivity contribution >= 4 is 10.0 Å². The van der Waals surface area contributed by atoms with Crippen molar-refractivity contribution in [3.63, 3.8) is 0 Å². The molecule has 0 aromatic carbocycles.